The van der Waals surface area contributed by atoms with Crippen molar-refractivity contribution in [2.45, 2.75) is 57.6 Å². The molecule has 1 saturated heterocycles. The van der Waals surface area contributed by atoms with Crippen LogP contribution >= 0.6 is 0 Å². The average molecular weight is 269 g/mol. The van der Waals surface area contributed by atoms with Gasteiger partial charge in [-0.2, -0.15) is 0 Å². The van der Waals surface area contributed by atoms with E-state index in [-0.39, 0.29) is 23.4 Å². The van der Waals surface area contributed by atoms with Gasteiger partial charge in [-0.3, -0.25) is 4.79 Å². The largest absolute Gasteiger partial charge is 0.409 e. The van der Waals surface area contributed by atoms with Gasteiger partial charge in [0.05, 0.1) is 5.60 Å². The minimum absolute atomic E-state index is 0.0302. The number of rotatable bonds is 3. The first-order valence-corrected chi connectivity index (χ1v) is 6.83. The summed E-state index contributed by atoms with van der Waals surface area (Å²) >= 11 is 0. The molecule has 2 rings (SSSR count). The van der Waals surface area contributed by atoms with Gasteiger partial charge < -0.3 is 21.0 Å². The van der Waals surface area contributed by atoms with Crippen LogP contribution in [0, 0.1) is 5.41 Å². The molecule has 0 aromatic carbocycles. The molecule has 0 spiro atoms. The average Bonchev–Trinajstić information content (AvgIpc) is 2.25. The van der Waals surface area contributed by atoms with Gasteiger partial charge in [0.15, 0.2) is 5.84 Å². The van der Waals surface area contributed by atoms with Crippen molar-refractivity contribution in [3.8, 4) is 0 Å². The summed E-state index contributed by atoms with van der Waals surface area (Å²) in [6.45, 7) is 4.69. The first-order valence-electron chi connectivity index (χ1n) is 6.83. The lowest BCUT2D eigenvalue weighted by atomic mass is 9.67. The van der Waals surface area contributed by atoms with Crippen molar-refractivity contribution < 1.29 is 14.7 Å². The number of nitrogens with one attached hydrogen (secondary N) is 1. The van der Waals surface area contributed by atoms with Crippen LogP contribution in [0.15, 0.2) is 5.16 Å². The topological polar surface area (TPSA) is 96.9 Å². The highest BCUT2D eigenvalue weighted by Gasteiger charge is 2.49. The Balaban J connectivity index is 2.01. The van der Waals surface area contributed by atoms with E-state index in [2.05, 4.69) is 10.5 Å². The summed E-state index contributed by atoms with van der Waals surface area (Å²) in [6.07, 6.45) is 3.83. The highest BCUT2D eigenvalue weighted by atomic mass is 16.5. The van der Waals surface area contributed by atoms with Crippen molar-refractivity contribution in [1.29, 1.82) is 0 Å². The quantitative estimate of drug-likeness (QED) is 0.308. The number of amides is 1. The number of amidine groups is 1. The summed E-state index contributed by atoms with van der Waals surface area (Å²) < 4.78 is 5.63. The van der Waals surface area contributed by atoms with Crippen LogP contribution in [0.25, 0.3) is 0 Å². The van der Waals surface area contributed by atoms with E-state index in [1.165, 1.54) is 0 Å². The Morgan fingerprint density at radius 1 is 1.47 bits per heavy atom. The minimum Gasteiger partial charge on any atom is -0.409 e. The zero-order valence-electron chi connectivity index (χ0n) is 11.6. The fourth-order valence-electron chi connectivity index (χ4n) is 2.90. The van der Waals surface area contributed by atoms with Gasteiger partial charge in [0.25, 0.3) is 0 Å². The Hall–Kier alpha value is -1.30. The molecular formula is C13H23N3O3. The number of carbonyl (C=O) groups is 1. The first-order chi connectivity index (χ1) is 8.89. The Bertz CT molecular complexity index is 389. The van der Waals surface area contributed by atoms with E-state index in [9.17, 15) is 4.79 Å². The molecule has 1 saturated carbocycles. The lowest BCUT2D eigenvalue weighted by Gasteiger charge is -2.42. The molecule has 6 heteroatoms. The Labute approximate surface area is 113 Å². The lowest BCUT2D eigenvalue weighted by Crippen LogP contribution is -2.57. The first kappa shape index (κ1) is 14.1. The maximum absolute atomic E-state index is 12.4. The smallest absolute Gasteiger partial charge is 0.234 e. The van der Waals surface area contributed by atoms with Crippen molar-refractivity contribution in [1.82, 2.24) is 5.32 Å². The predicted molar refractivity (Wildman–Crippen MR) is 70.9 cm³/mol. The van der Waals surface area contributed by atoms with Gasteiger partial charge in [-0.15, -0.1) is 0 Å². The molecule has 0 bridgehead atoms. The van der Waals surface area contributed by atoms with Crippen LogP contribution in [0.2, 0.25) is 0 Å². The molecule has 0 aromatic heterocycles. The number of hydrogen-bond donors (Lipinski definition) is 3. The van der Waals surface area contributed by atoms with Crippen LogP contribution in [0.5, 0.6) is 0 Å². The third kappa shape index (κ3) is 2.68. The predicted octanol–water partition coefficient (Wildman–Crippen LogP) is 0.977. The van der Waals surface area contributed by atoms with E-state index in [0.29, 0.717) is 19.4 Å². The Morgan fingerprint density at radius 2 is 2.16 bits per heavy atom. The maximum atomic E-state index is 12.4. The maximum Gasteiger partial charge on any atom is 0.234 e. The monoisotopic (exact) mass is 269 g/mol. The molecule has 1 heterocycles. The van der Waals surface area contributed by atoms with Gasteiger partial charge in [-0.05, 0) is 39.5 Å². The van der Waals surface area contributed by atoms with Gasteiger partial charge in [0.2, 0.25) is 5.91 Å². The summed E-state index contributed by atoms with van der Waals surface area (Å²) in [5.74, 6) is -0.0840. The van der Waals surface area contributed by atoms with E-state index >= 15 is 0 Å². The Morgan fingerprint density at radius 3 is 2.63 bits per heavy atom. The van der Waals surface area contributed by atoms with Gasteiger partial charge in [0.1, 0.15) is 5.41 Å². The fourth-order valence-corrected chi connectivity index (χ4v) is 2.90. The zero-order chi connectivity index (χ0) is 14.1. The van der Waals surface area contributed by atoms with Crippen molar-refractivity contribution in [3.05, 3.63) is 0 Å². The van der Waals surface area contributed by atoms with Gasteiger partial charge >= 0.3 is 0 Å². The molecule has 6 nitrogen and oxygen atoms in total. The number of carbonyl (C=O) groups excluding carboxylic acids is 1. The van der Waals surface area contributed by atoms with Crippen LogP contribution in [0.4, 0.5) is 0 Å². The summed E-state index contributed by atoms with van der Waals surface area (Å²) in [5, 5.41) is 14.9. The fraction of sp³-hybridized carbons (Fsp3) is 0.846. The molecule has 108 valence electrons. The molecule has 1 aliphatic heterocycles. The summed E-state index contributed by atoms with van der Waals surface area (Å²) in [7, 11) is 0. The number of nitrogens with zero attached hydrogens (tertiary/aromatic N) is 1. The highest BCUT2D eigenvalue weighted by Crippen LogP contribution is 2.41. The van der Waals surface area contributed by atoms with E-state index < -0.39 is 5.41 Å². The second-order valence-corrected chi connectivity index (χ2v) is 6.19. The number of oxime groups is 1. The second-order valence-electron chi connectivity index (χ2n) is 6.19. The van der Waals surface area contributed by atoms with Gasteiger partial charge in [-0.1, -0.05) is 11.6 Å². The lowest BCUT2D eigenvalue weighted by molar-refractivity contribution is -0.134. The number of nitrogens with two attached hydrogens (primary N) is 1. The normalized spacial score (nSPS) is 29.4. The van der Waals surface area contributed by atoms with Crippen molar-refractivity contribution >= 4 is 11.7 Å². The zero-order valence-corrected chi connectivity index (χ0v) is 11.6. The molecule has 0 radical (unpaired) electrons. The molecule has 1 atom stereocenters. The molecule has 2 aliphatic rings. The van der Waals surface area contributed by atoms with Crippen LogP contribution in [-0.4, -0.2) is 35.2 Å². The molecular weight excluding hydrogens is 246 g/mol. The molecule has 4 N–H and O–H groups in total. The van der Waals surface area contributed by atoms with Crippen LogP contribution in [0.3, 0.4) is 0 Å². The van der Waals surface area contributed by atoms with Gasteiger partial charge in [0, 0.05) is 12.6 Å². The van der Waals surface area contributed by atoms with Crippen LogP contribution in [-0.2, 0) is 9.53 Å². The molecule has 1 unspecified atom stereocenters. The van der Waals surface area contributed by atoms with E-state index in [1.807, 2.05) is 13.8 Å². The van der Waals surface area contributed by atoms with Crippen molar-refractivity contribution in [2.24, 2.45) is 16.3 Å². The van der Waals surface area contributed by atoms with Gasteiger partial charge in [-0.25, -0.2) is 0 Å². The summed E-state index contributed by atoms with van der Waals surface area (Å²) in [4.78, 5) is 12.4. The summed E-state index contributed by atoms with van der Waals surface area (Å²) in [5.41, 5.74) is 4.68. The molecule has 2 fully saturated rings. The molecule has 1 aliphatic carbocycles. The van der Waals surface area contributed by atoms with E-state index in [4.69, 9.17) is 15.7 Å². The van der Waals surface area contributed by atoms with Crippen molar-refractivity contribution in [3.63, 3.8) is 0 Å². The SMILES string of the molecule is CC1(C)CC(NC(=O)C2(C(N)=NO)CCC2)CCO1. The number of hydrogen-bond acceptors (Lipinski definition) is 4. The number of ether oxygens (including phenoxy) is 1. The molecule has 1 amide bonds. The second kappa shape index (κ2) is 5.00. The van der Waals surface area contributed by atoms with Crippen LogP contribution in [0.1, 0.15) is 46.0 Å². The minimum atomic E-state index is -0.794. The van der Waals surface area contributed by atoms with E-state index in [1.54, 1.807) is 0 Å². The summed E-state index contributed by atoms with van der Waals surface area (Å²) in [6, 6.07) is 0.0974. The van der Waals surface area contributed by atoms with Crippen molar-refractivity contribution in [2.75, 3.05) is 6.61 Å². The third-order valence-electron chi connectivity index (χ3n) is 4.27. The molecule has 0 aromatic rings. The standard InChI is InChI=1S/C13H23N3O3/c1-12(2)8-9(4-7-19-12)15-11(17)13(5-3-6-13)10(14)16-18/h9,18H,3-8H2,1-2H3,(H2,14,16)(H,15,17). The van der Waals surface area contributed by atoms with E-state index in [0.717, 1.165) is 19.3 Å². The highest BCUT2D eigenvalue weighted by molar-refractivity contribution is 6.07. The third-order valence-corrected chi connectivity index (χ3v) is 4.27. The Kier molecular flexibility index (Phi) is 3.71. The van der Waals surface area contributed by atoms with Crippen LogP contribution < -0.4 is 11.1 Å². The molecule has 19 heavy (non-hydrogen) atoms.